The Kier molecular flexibility index (Phi) is 6.47. The number of halogens is 2. The topological polar surface area (TPSA) is 0 Å². The van der Waals surface area contributed by atoms with Gasteiger partial charge in [0.25, 0.3) is 0 Å². The van der Waals surface area contributed by atoms with Gasteiger partial charge in [-0.05, 0) is 0 Å². The molecule has 0 nitrogen and oxygen atoms in total. The SMILES string of the molecule is Cl.Cl.c1ccc([PH](c2ccccc2)(c2ccccc2)C2CC2)cc1. The van der Waals surface area contributed by atoms with E-state index in [9.17, 15) is 0 Å². The fourth-order valence-electron chi connectivity index (χ4n) is 3.83. The third kappa shape index (κ3) is 3.24. The molecule has 3 heteroatoms. The molecule has 3 aromatic carbocycles. The van der Waals surface area contributed by atoms with Gasteiger partial charge in [-0.2, -0.15) is 0 Å². The van der Waals surface area contributed by atoms with Crippen molar-refractivity contribution in [1.82, 2.24) is 0 Å². The molecule has 0 amide bonds. The first-order valence-electron chi connectivity index (χ1n) is 8.09. The molecular formula is C21H23Cl2P. The normalized spacial score (nSPS) is 14.2. The van der Waals surface area contributed by atoms with Crippen LogP contribution in [0.3, 0.4) is 0 Å². The summed E-state index contributed by atoms with van der Waals surface area (Å²) in [5, 5.41) is 4.65. The van der Waals surface area contributed by atoms with E-state index in [0.717, 1.165) is 5.66 Å². The van der Waals surface area contributed by atoms with E-state index in [1.54, 1.807) is 15.9 Å². The zero-order chi connectivity index (χ0) is 14.8. The molecular weight excluding hydrogens is 354 g/mol. The molecule has 0 radical (unpaired) electrons. The van der Waals surface area contributed by atoms with Gasteiger partial charge in [-0.3, -0.25) is 0 Å². The van der Waals surface area contributed by atoms with Crippen molar-refractivity contribution in [3.05, 3.63) is 91.0 Å². The zero-order valence-electron chi connectivity index (χ0n) is 13.5. The van der Waals surface area contributed by atoms with Gasteiger partial charge in [-0.1, -0.05) is 0 Å². The quantitative estimate of drug-likeness (QED) is 0.578. The van der Waals surface area contributed by atoms with Crippen LogP contribution >= 0.6 is 32.1 Å². The molecule has 24 heavy (non-hydrogen) atoms. The van der Waals surface area contributed by atoms with E-state index in [1.807, 2.05) is 0 Å². The molecule has 1 aliphatic carbocycles. The van der Waals surface area contributed by atoms with E-state index >= 15 is 0 Å². The molecule has 0 heterocycles. The van der Waals surface area contributed by atoms with E-state index in [0.29, 0.717) is 0 Å². The van der Waals surface area contributed by atoms with Gasteiger partial charge < -0.3 is 0 Å². The summed E-state index contributed by atoms with van der Waals surface area (Å²) in [5.74, 6) is 0. The van der Waals surface area contributed by atoms with Gasteiger partial charge >= 0.3 is 133 Å². The van der Waals surface area contributed by atoms with E-state index < -0.39 is 7.26 Å². The average molecular weight is 377 g/mol. The van der Waals surface area contributed by atoms with Crippen LogP contribution in [0.1, 0.15) is 12.8 Å². The Morgan fingerprint density at radius 1 is 0.500 bits per heavy atom. The maximum atomic E-state index is 2.35. The fraction of sp³-hybridized carbons (Fsp3) is 0.143. The second-order valence-corrected chi connectivity index (χ2v) is 10.3. The van der Waals surface area contributed by atoms with Gasteiger partial charge in [0, 0.05) is 0 Å². The summed E-state index contributed by atoms with van der Waals surface area (Å²) < 4.78 is 0. The number of hydrogen-bond acceptors (Lipinski definition) is 0. The Bertz CT molecular complexity index is 644. The molecule has 126 valence electrons. The Morgan fingerprint density at radius 3 is 1.04 bits per heavy atom. The Balaban J connectivity index is 0.00000104. The van der Waals surface area contributed by atoms with Crippen LogP contribution in [0.15, 0.2) is 91.0 Å². The van der Waals surface area contributed by atoms with Gasteiger partial charge in [0.1, 0.15) is 0 Å². The van der Waals surface area contributed by atoms with Gasteiger partial charge in [0.2, 0.25) is 0 Å². The first-order chi connectivity index (χ1) is 10.9. The summed E-state index contributed by atoms with van der Waals surface area (Å²) >= 11 is 0. The molecule has 0 spiro atoms. The van der Waals surface area contributed by atoms with Crippen molar-refractivity contribution >= 4 is 48.0 Å². The van der Waals surface area contributed by atoms with Crippen molar-refractivity contribution in [2.75, 3.05) is 0 Å². The third-order valence-electron chi connectivity index (χ3n) is 4.88. The van der Waals surface area contributed by atoms with Crippen LogP contribution in [0.4, 0.5) is 0 Å². The summed E-state index contributed by atoms with van der Waals surface area (Å²) in [5.41, 5.74) is 0.833. The van der Waals surface area contributed by atoms with Gasteiger partial charge in [-0.15, -0.1) is 24.8 Å². The number of benzene rings is 3. The molecule has 0 atom stereocenters. The van der Waals surface area contributed by atoms with E-state index in [1.165, 1.54) is 12.8 Å². The van der Waals surface area contributed by atoms with Crippen LogP contribution in [0.2, 0.25) is 0 Å². The summed E-state index contributed by atoms with van der Waals surface area (Å²) in [4.78, 5) is 0. The Morgan fingerprint density at radius 2 is 0.792 bits per heavy atom. The molecule has 0 bridgehead atoms. The van der Waals surface area contributed by atoms with Gasteiger partial charge in [0.05, 0.1) is 0 Å². The molecule has 0 unspecified atom stereocenters. The first-order valence-corrected chi connectivity index (χ1v) is 10.2. The molecule has 0 saturated heterocycles. The first kappa shape index (κ1) is 19.0. The van der Waals surface area contributed by atoms with Crippen LogP contribution in [0.5, 0.6) is 0 Å². The molecule has 0 aromatic heterocycles. The van der Waals surface area contributed by atoms with Crippen molar-refractivity contribution in [2.45, 2.75) is 18.5 Å². The van der Waals surface area contributed by atoms with Gasteiger partial charge in [0.15, 0.2) is 0 Å². The monoisotopic (exact) mass is 376 g/mol. The van der Waals surface area contributed by atoms with Crippen molar-refractivity contribution in [2.24, 2.45) is 0 Å². The van der Waals surface area contributed by atoms with Crippen LogP contribution in [0.25, 0.3) is 0 Å². The number of hydrogen-bond donors (Lipinski definition) is 0. The summed E-state index contributed by atoms with van der Waals surface area (Å²) in [7, 11) is -1.89. The van der Waals surface area contributed by atoms with Crippen molar-refractivity contribution in [3.8, 4) is 0 Å². The molecule has 1 aliphatic rings. The third-order valence-corrected chi connectivity index (χ3v) is 10.4. The van der Waals surface area contributed by atoms with Crippen molar-refractivity contribution in [3.63, 3.8) is 0 Å². The average Bonchev–Trinajstić information content (AvgIpc) is 3.44. The predicted octanol–water partition coefficient (Wildman–Crippen LogP) is 4.72. The standard InChI is InChI=1S/C21H21P.2ClH/c1-4-10-18(11-5-1)22(21-16-17-21,19-12-6-2-7-13-19)20-14-8-3-9-15-20;;/h1-15,21-22H,16-17H2;2*1H. The zero-order valence-corrected chi connectivity index (χ0v) is 16.1. The Hall–Kier alpha value is -1.33. The second-order valence-electron chi connectivity index (χ2n) is 6.18. The maximum absolute atomic E-state index is 2.35. The predicted molar refractivity (Wildman–Crippen MR) is 114 cm³/mol. The minimum absolute atomic E-state index is 0. The minimum atomic E-state index is -1.89. The van der Waals surface area contributed by atoms with E-state index in [2.05, 4.69) is 91.0 Å². The molecule has 4 rings (SSSR count). The van der Waals surface area contributed by atoms with E-state index in [-0.39, 0.29) is 24.8 Å². The van der Waals surface area contributed by atoms with Crippen LogP contribution < -0.4 is 15.9 Å². The van der Waals surface area contributed by atoms with Crippen LogP contribution in [-0.4, -0.2) is 5.66 Å². The summed E-state index contributed by atoms with van der Waals surface area (Å²) in [6.45, 7) is 0. The van der Waals surface area contributed by atoms with E-state index in [4.69, 9.17) is 0 Å². The summed E-state index contributed by atoms with van der Waals surface area (Å²) in [6.07, 6.45) is 2.73. The number of rotatable bonds is 4. The van der Waals surface area contributed by atoms with Gasteiger partial charge in [-0.25, -0.2) is 0 Å². The molecule has 1 fully saturated rings. The second kappa shape index (κ2) is 8.17. The van der Waals surface area contributed by atoms with Crippen LogP contribution in [-0.2, 0) is 0 Å². The molecule has 1 saturated carbocycles. The van der Waals surface area contributed by atoms with Crippen molar-refractivity contribution < 1.29 is 0 Å². The van der Waals surface area contributed by atoms with Crippen molar-refractivity contribution in [1.29, 1.82) is 0 Å². The molecule has 0 aliphatic heterocycles. The molecule has 3 aromatic rings. The summed E-state index contributed by atoms with van der Waals surface area (Å²) in [6, 6.07) is 33.7. The fourth-order valence-corrected chi connectivity index (χ4v) is 9.43. The molecule has 0 N–H and O–H groups in total. The van der Waals surface area contributed by atoms with Crippen LogP contribution in [0, 0.1) is 0 Å². The Labute approximate surface area is 157 Å².